The van der Waals surface area contributed by atoms with Crippen LogP contribution in [-0.2, 0) is 0 Å². The summed E-state index contributed by atoms with van der Waals surface area (Å²) in [5.41, 5.74) is 4.06. The van der Waals surface area contributed by atoms with Gasteiger partial charge in [-0.25, -0.2) is 4.98 Å². The van der Waals surface area contributed by atoms with Gasteiger partial charge in [0, 0.05) is 23.6 Å². The fraction of sp³-hybridized carbons (Fsp3) is 0.200. The Bertz CT molecular complexity index is 961. The van der Waals surface area contributed by atoms with E-state index in [1.807, 2.05) is 10.8 Å². The molecule has 5 nitrogen and oxygen atoms in total. The van der Waals surface area contributed by atoms with Crippen LogP contribution in [-0.4, -0.2) is 27.9 Å². The maximum absolute atomic E-state index is 12.5. The number of imidazole rings is 1. The van der Waals surface area contributed by atoms with E-state index >= 15 is 0 Å². The summed E-state index contributed by atoms with van der Waals surface area (Å²) >= 11 is 1.43. The lowest BCUT2D eigenvalue weighted by Gasteiger charge is -2.09. The third kappa shape index (κ3) is 3.32. The van der Waals surface area contributed by atoms with Crippen molar-refractivity contribution in [3.05, 3.63) is 65.5 Å². The molecule has 0 aliphatic carbocycles. The summed E-state index contributed by atoms with van der Waals surface area (Å²) in [5, 5.41) is 0.795. The molecule has 1 aliphatic heterocycles. The number of hydrogen-bond donors (Lipinski definition) is 0. The lowest BCUT2D eigenvalue weighted by atomic mass is 10.1. The lowest BCUT2D eigenvalue weighted by molar-refractivity contribution is 0.102. The lowest BCUT2D eigenvalue weighted by Crippen LogP contribution is -2.04. The summed E-state index contributed by atoms with van der Waals surface area (Å²) in [5.74, 6) is 1.64. The Morgan fingerprint density at radius 3 is 2.69 bits per heavy atom. The number of ketones is 1. The molecule has 26 heavy (non-hydrogen) atoms. The van der Waals surface area contributed by atoms with Gasteiger partial charge in [-0.1, -0.05) is 17.8 Å². The van der Waals surface area contributed by atoms with Crippen molar-refractivity contribution in [2.75, 3.05) is 12.5 Å². The highest BCUT2D eigenvalue weighted by Gasteiger charge is 2.17. The Balaban J connectivity index is 1.50. The molecule has 1 aliphatic rings. The van der Waals surface area contributed by atoms with Gasteiger partial charge in [0.15, 0.2) is 22.4 Å². The quantitative estimate of drug-likeness (QED) is 0.500. The molecule has 0 fully saturated rings. The fourth-order valence-corrected chi connectivity index (χ4v) is 3.83. The van der Waals surface area contributed by atoms with E-state index in [2.05, 4.69) is 37.0 Å². The second kappa shape index (κ2) is 6.88. The summed E-state index contributed by atoms with van der Waals surface area (Å²) in [7, 11) is 0. The fourth-order valence-electron chi connectivity index (χ4n) is 2.97. The van der Waals surface area contributed by atoms with Crippen LogP contribution in [0.3, 0.4) is 0 Å². The van der Waals surface area contributed by atoms with E-state index < -0.39 is 0 Å². The maximum atomic E-state index is 12.5. The molecule has 0 N–H and O–H groups in total. The van der Waals surface area contributed by atoms with Crippen LogP contribution in [0.2, 0.25) is 0 Å². The predicted octanol–water partition coefficient (Wildman–Crippen LogP) is 4.19. The van der Waals surface area contributed by atoms with Gasteiger partial charge in [-0.3, -0.25) is 9.36 Å². The summed E-state index contributed by atoms with van der Waals surface area (Å²) in [6, 6.07) is 11.6. The van der Waals surface area contributed by atoms with Gasteiger partial charge in [0.1, 0.15) is 0 Å². The molecule has 0 spiro atoms. The highest BCUT2D eigenvalue weighted by Crippen LogP contribution is 2.33. The largest absolute Gasteiger partial charge is 0.454 e. The van der Waals surface area contributed by atoms with E-state index in [1.165, 1.54) is 22.9 Å². The standard InChI is InChI=1S/C20H18N2O3S/c1-13-7-14(2)9-16(8-13)22-6-5-21-20(22)26-11-17(23)15-3-4-18-19(10-15)25-12-24-18/h3-10H,11-12H2,1-2H3. The molecule has 0 saturated carbocycles. The van der Waals surface area contributed by atoms with Crippen LogP contribution in [0.15, 0.2) is 53.9 Å². The van der Waals surface area contributed by atoms with Gasteiger partial charge in [-0.15, -0.1) is 0 Å². The highest BCUT2D eigenvalue weighted by atomic mass is 32.2. The van der Waals surface area contributed by atoms with E-state index in [0.717, 1.165) is 10.8 Å². The van der Waals surface area contributed by atoms with Gasteiger partial charge in [-0.05, 0) is 55.3 Å². The van der Waals surface area contributed by atoms with E-state index in [9.17, 15) is 4.79 Å². The molecule has 2 aromatic carbocycles. The van der Waals surface area contributed by atoms with Crippen LogP contribution >= 0.6 is 11.8 Å². The molecule has 0 saturated heterocycles. The van der Waals surface area contributed by atoms with Gasteiger partial charge in [0.05, 0.1) is 5.75 Å². The average molecular weight is 366 g/mol. The molecule has 6 heteroatoms. The van der Waals surface area contributed by atoms with Crippen molar-refractivity contribution < 1.29 is 14.3 Å². The SMILES string of the molecule is Cc1cc(C)cc(-n2ccnc2SCC(=O)c2ccc3c(c2)OCO3)c1. The number of rotatable bonds is 5. The minimum Gasteiger partial charge on any atom is -0.454 e. The number of aromatic nitrogens is 2. The summed E-state index contributed by atoms with van der Waals surface area (Å²) in [6.07, 6.45) is 3.67. The molecule has 1 aromatic heterocycles. The van der Waals surface area contributed by atoms with Crippen molar-refractivity contribution in [1.29, 1.82) is 0 Å². The second-order valence-electron chi connectivity index (χ2n) is 6.21. The smallest absolute Gasteiger partial charge is 0.231 e. The number of ether oxygens (including phenoxy) is 2. The molecule has 132 valence electrons. The zero-order valence-corrected chi connectivity index (χ0v) is 15.4. The van der Waals surface area contributed by atoms with Crippen molar-refractivity contribution in [1.82, 2.24) is 9.55 Å². The van der Waals surface area contributed by atoms with Crippen molar-refractivity contribution in [3.8, 4) is 17.2 Å². The van der Waals surface area contributed by atoms with E-state index in [-0.39, 0.29) is 12.6 Å². The number of hydrogen-bond acceptors (Lipinski definition) is 5. The monoisotopic (exact) mass is 366 g/mol. The number of carbonyl (C=O) groups excluding carboxylic acids is 1. The first-order valence-electron chi connectivity index (χ1n) is 8.28. The van der Waals surface area contributed by atoms with E-state index in [4.69, 9.17) is 9.47 Å². The third-order valence-corrected chi connectivity index (χ3v) is 5.09. The number of aryl methyl sites for hydroxylation is 2. The third-order valence-electron chi connectivity index (χ3n) is 4.12. The highest BCUT2D eigenvalue weighted by molar-refractivity contribution is 7.99. The molecule has 0 bridgehead atoms. The van der Waals surface area contributed by atoms with Crippen LogP contribution in [0, 0.1) is 13.8 Å². The van der Waals surface area contributed by atoms with Crippen LogP contribution in [0.4, 0.5) is 0 Å². The zero-order chi connectivity index (χ0) is 18.1. The van der Waals surface area contributed by atoms with Crippen LogP contribution in [0.5, 0.6) is 11.5 Å². The van der Waals surface area contributed by atoms with Crippen molar-refractivity contribution >= 4 is 17.5 Å². The first-order chi connectivity index (χ1) is 12.6. The Morgan fingerprint density at radius 1 is 1.12 bits per heavy atom. The Hall–Kier alpha value is -2.73. The molecule has 0 amide bonds. The Labute approximate surface area is 156 Å². The van der Waals surface area contributed by atoms with Crippen molar-refractivity contribution in [2.24, 2.45) is 0 Å². The Kier molecular flexibility index (Phi) is 4.42. The van der Waals surface area contributed by atoms with Gasteiger partial charge in [0.25, 0.3) is 0 Å². The van der Waals surface area contributed by atoms with Crippen LogP contribution < -0.4 is 9.47 Å². The first kappa shape index (κ1) is 16.7. The number of thioether (sulfide) groups is 1. The predicted molar refractivity (Wildman–Crippen MR) is 101 cm³/mol. The average Bonchev–Trinajstić information content (AvgIpc) is 3.27. The topological polar surface area (TPSA) is 53.4 Å². The van der Waals surface area contributed by atoms with Crippen molar-refractivity contribution in [3.63, 3.8) is 0 Å². The molecule has 3 aromatic rings. The zero-order valence-electron chi connectivity index (χ0n) is 14.6. The summed E-state index contributed by atoms with van der Waals surface area (Å²) < 4.78 is 12.6. The number of fused-ring (bicyclic) bond motifs is 1. The Morgan fingerprint density at radius 2 is 1.88 bits per heavy atom. The molecule has 4 rings (SSSR count). The number of Topliss-reactive ketones (excluding diaryl/α,β-unsaturated/α-hetero) is 1. The molecule has 0 radical (unpaired) electrons. The van der Waals surface area contributed by atoms with Gasteiger partial charge in [0.2, 0.25) is 6.79 Å². The number of nitrogens with zero attached hydrogens (tertiary/aromatic N) is 2. The number of benzene rings is 2. The molecule has 0 unspecified atom stereocenters. The number of carbonyl (C=O) groups is 1. The van der Waals surface area contributed by atoms with Crippen molar-refractivity contribution in [2.45, 2.75) is 19.0 Å². The molecular weight excluding hydrogens is 348 g/mol. The van der Waals surface area contributed by atoms with Gasteiger partial charge >= 0.3 is 0 Å². The first-order valence-corrected chi connectivity index (χ1v) is 9.26. The molecule has 0 atom stereocenters. The van der Waals surface area contributed by atoms with Crippen LogP contribution in [0.1, 0.15) is 21.5 Å². The molecular formula is C20H18N2O3S. The van der Waals surface area contributed by atoms with E-state index in [1.54, 1.807) is 24.4 Å². The normalized spacial score (nSPS) is 12.4. The second-order valence-corrected chi connectivity index (χ2v) is 7.15. The van der Waals surface area contributed by atoms with E-state index in [0.29, 0.717) is 22.8 Å². The minimum atomic E-state index is 0.0308. The summed E-state index contributed by atoms with van der Waals surface area (Å²) in [4.78, 5) is 16.9. The maximum Gasteiger partial charge on any atom is 0.231 e. The van der Waals surface area contributed by atoms with Crippen LogP contribution in [0.25, 0.3) is 5.69 Å². The molecule has 2 heterocycles. The summed E-state index contributed by atoms with van der Waals surface area (Å²) in [6.45, 7) is 4.35. The van der Waals surface area contributed by atoms with Gasteiger partial charge < -0.3 is 9.47 Å². The minimum absolute atomic E-state index is 0.0308. The van der Waals surface area contributed by atoms with Gasteiger partial charge in [-0.2, -0.15) is 0 Å².